The molecule has 0 spiro atoms. The molecule has 6 aromatic carbocycles. The van der Waals surface area contributed by atoms with Gasteiger partial charge in [0.25, 0.3) is 0 Å². The van der Waals surface area contributed by atoms with Crippen LogP contribution in [0.3, 0.4) is 0 Å². The maximum Gasteiger partial charge on any atom is 0.416 e. The van der Waals surface area contributed by atoms with Crippen LogP contribution in [0.4, 0.5) is 13.2 Å². The summed E-state index contributed by atoms with van der Waals surface area (Å²) in [5.74, 6) is 6.19. The van der Waals surface area contributed by atoms with Crippen molar-refractivity contribution in [2.24, 2.45) is 0 Å². The predicted octanol–water partition coefficient (Wildman–Crippen LogP) is 12.2. The molecule has 0 radical (unpaired) electrons. The Morgan fingerprint density at radius 3 is 1.04 bits per heavy atom. The van der Waals surface area contributed by atoms with Gasteiger partial charge in [-0.15, -0.1) is 0 Å². The minimum Gasteiger partial charge on any atom is -0.308 e. The maximum absolute atomic E-state index is 14.9. The first-order chi connectivity index (χ1) is 37.4. The quantitative estimate of drug-likeness (QED) is 0.145. The van der Waals surface area contributed by atoms with Crippen molar-refractivity contribution in [3.63, 3.8) is 0 Å². The number of aromatic nitrogens is 14. The van der Waals surface area contributed by atoms with E-state index in [1.54, 1.807) is 39.8 Å². The van der Waals surface area contributed by atoms with Gasteiger partial charge in [0, 0.05) is 49.4 Å². The Kier molecular flexibility index (Phi) is 11.4. The van der Waals surface area contributed by atoms with Gasteiger partial charge < -0.3 is 9.13 Å². The molecule has 12 aromatic rings. The van der Waals surface area contributed by atoms with Crippen molar-refractivity contribution in [1.82, 2.24) is 68.9 Å². The van der Waals surface area contributed by atoms with Crippen molar-refractivity contribution in [1.29, 1.82) is 10.5 Å². The molecular weight excluding hydrogens is 990 g/mol. The van der Waals surface area contributed by atoms with E-state index < -0.39 is 11.7 Å². The molecule has 0 aliphatic heterocycles. The zero-order chi connectivity index (χ0) is 54.5. The molecule has 19 heteroatoms. The Hall–Kier alpha value is -10.3. The molecular formula is C59H41F3N16. The molecule has 0 fully saturated rings. The van der Waals surface area contributed by atoms with Crippen LogP contribution in [0.25, 0.3) is 112 Å². The summed E-state index contributed by atoms with van der Waals surface area (Å²) in [6, 6.07) is 34.3. The second-order valence-corrected chi connectivity index (χ2v) is 19.0. The average molecular weight is 1030 g/mol. The topological polar surface area (TPSA) is 212 Å². The highest BCUT2D eigenvalue weighted by atomic mass is 19.4. The van der Waals surface area contributed by atoms with Crippen LogP contribution < -0.4 is 0 Å². The summed E-state index contributed by atoms with van der Waals surface area (Å²) in [6.07, 6.45) is -4.81. The van der Waals surface area contributed by atoms with Gasteiger partial charge in [0.1, 0.15) is 58.2 Å². The molecule has 78 heavy (non-hydrogen) atoms. The van der Waals surface area contributed by atoms with E-state index in [9.17, 15) is 23.7 Å². The molecule has 0 saturated carbocycles. The number of aryl methyl sites for hydroxylation is 8. The summed E-state index contributed by atoms with van der Waals surface area (Å²) in [5.41, 5.74) is 5.24. The van der Waals surface area contributed by atoms with Crippen LogP contribution in [-0.2, 0) is 6.18 Å². The molecule has 0 unspecified atom stereocenters. The molecule has 0 atom stereocenters. The lowest BCUT2D eigenvalue weighted by molar-refractivity contribution is -0.137. The molecule has 0 saturated heterocycles. The van der Waals surface area contributed by atoms with Crippen molar-refractivity contribution in [2.45, 2.75) is 61.6 Å². The molecule has 0 amide bonds. The number of nitriles is 2. The first-order valence-corrected chi connectivity index (χ1v) is 24.6. The summed E-state index contributed by atoms with van der Waals surface area (Å²) in [6.45, 7) is 14.4. The fourth-order valence-electron chi connectivity index (χ4n) is 10.4. The van der Waals surface area contributed by atoms with Crippen LogP contribution in [0.2, 0.25) is 0 Å². The summed E-state index contributed by atoms with van der Waals surface area (Å²) in [7, 11) is 0. The van der Waals surface area contributed by atoms with Gasteiger partial charge in [0.15, 0.2) is 23.3 Å². The fourth-order valence-corrected chi connectivity index (χ4v) is 10.4. The second-order valence-electron chi connectivity index (χ2n) is 19.0. The van der Waals surface area contributed by atoms with Crippen molar-refractivity contribution >= 4 is 43.6 Å². The first-order valence-electron chi connectivity index (χ1n) is 24.6. The normalized spacial score (nSPS) is 11.8. The summed E-state index contributed by atoms with van der Waals surface area (Å²) in [5, 5.41) is 25.1. The number of alkyl halides is 3. The number of halogens is 3. The van der Waals surface area contributed by atoms with Gasteiger partial charge in [-0.05, 0) is 158 Å². The van der Waals surface area contributed by atoms with Gasteiger partial charge in [-0.25, -0.2) is 59.8 Å². The lowest BCUT2D eigenvalue weighted by atomic mass is 9.95. The zero-order valence-corrected chi connectivity index (χ0v) is 43.1. The largest absolute Gasteiger partial charge is 0.416 e. The van der Waals surface area contributed by atoms with E-state index >= 15 is 0 Å². The summed E-state index contributed by atoms with van der Waals surface area (Å²) >= 11 is 0. The van der Waals surface area contributed by atoms with E-state index in [1.165, 1.54) is 6.07 Å². The Bertz CT molecular complexity index is 4340. The lowest BCUT2D eigenvalue weighted by Gasteiger charge is -2.21. The SMILES string of the molecule is Cc1nc(C)nc(-c2ccc3c(c2)c2cc(-c4nc(C)nc(C)n4)ccc2n3-c2ccc(-c3cc(C#N)cc(C(F)(F)F)c3)c(-n3c4ccc(-c5nc(C)nc(C)n5)cc4c4cc(-c5nc(C)nc(C)n5)ccc43)c2C#N)n1. The second kappa shape index (κ2) is 18.2. The minimum absolute atomic E-state index is 0.0670. The maximum atomic E-state index is 14.9. The number of benzene rings is 6. The van der Waals surface area contributed by atoms with E-state index in [-0.39, 0.29) is 27.9 Å². The number of fused-ring (bicyclic) bond motifs is 6. The molecule has 378 valence electrons. The molecule has 6 aromatic heterocycles. The van der Waals surface area contributed by atoms with Crippen molar-refractivity contribution in [2.75, 3.05) is 0 Å². The Morgan fingerprint density at radius 1 is 0.372 bits per heavy atom. The van der Waals surface area contributed by atoms with Gasteiger partial charge >= 0.3 is 6.18 Å². The number of hydrogen-bond donors (Lipinski definition) is 0. The Morgan fingerprint density at radius 2 is 0.718 bits per heavy atom. The number of nitrogens with zero attached hydrogens (tertiary/aromatic N) is 16. The van der Waals surface area contributed by atoms with E-state index in [0.717, 1.165) is 34.0 Å². The van der Waals surface area contributed by atoms with Crippen molar-refractivity contribution < 1.29 is 13.2 Å². The number of rotatable bonds is 7. The molecule has 16 nitrogen and oxygen atoms in total. The highest BCUT2D eigenvalue weighted by Gasteiger charge is 2.33. The van der Waals surface area contributed by atoms with Crippen LogP contribution in [0.15, 0.2) is 103 Å². The smallest absolute Gasteiger partial charge is 0.308 e. The van der Waals surface area contributed by atoms with Crippen molar-refractivity contribution in [3.05, 3.63) is 166 Å². The lowest BCUT2D eigenvalue weighted by Crippen LogP contribution is -2.08. The van der Waals surface area contributed by atoms with E-state index in [2.05, 4.69) is 65.9 Å². The molecule has 0 bridgehead atoms. The van der Waals surface area contributed by atoms with E-state index in [1.807, 2.05) is 116 Å². The number of hydrogen-bond acceptors (Lipinski definition) is 14. The standard InChI is InChI=1S/C59H41F3N16/c1-28-65-29(2)70-55(69-28)37-9-14-49-44(22-37)45-23-38(56-71-30(3)66-31(4)72-56)10-15-50(45)77(49)53-18-13-43(41-19-36(26-63)20-42(21-41)59(60,61)62)54(48(53)27-64)78-51-16-11-39(57-73-32(5)67-33(6)74-57)24-46(51)47-25-40(12-17-52(47)78)58-75-34(7)68-35(8)76-58/h9-25H,1-8H3. The summed E-state index contributed by atoms with van der Waals surface area (Å²) < 4.78 is 48.5. The Balaban J connectivity index is 1.21. The van der Waals surface area contributed by atoms with Crippen LogP contribution in [0.1, 0.15) is 63.3 Å². The third kappa shape index (κ3) is 8.43. The van der Waals surface area contributed by atoms with E-state index in [4.69, 9.17) is 0 Å². The average Bonchev–Trinajstić information content (AvgIpc) is 4.03. The predicted molar refractivity (Wildman–Crippen MR) is 288 cm³/mol. The molecule has 6 heterocycles. The van der Waals surface area contributed by atoms with Crippen LogP contribution in [-0.4, -0.2) is 68.9 Å². The molecule has 0 N–H and O–H groups in total. The Labute approximate surface area is 442 Å². The van der Waals surface area contributed by atoms with Gasteiger partial charge in [-0.1, -0.05) is 6.07 Å². The highest BCUT2D eigenvalue weighted by molar-refractivity contribution is 6.14. The van der Waals surface area contributed by atoms with Crippen LogP contribution >= 0.6 is 0 Å². The van der Waals surface area contributed by atoms with E-state index in [0.29, 0.717) is 120 Å². The van der Waals surface area contributed by atoms with Crippen molar-refractivity contribution in [3.8, 4) is 80.2 Å². The molecule has 0 aliphatic carbocycles. The van der Waals surface area contributed by atoms with Crippen LogP contribution in [0.5, 0.6) is 0 Å². The van der Waals surface area contributed by atoms with Crippen LogP contribution in [0, 0.1) is 78.1 Å². The van der Waals surface area contributed by atoms with Gasteiger partial charge in [0.05, 0.1) is 50.6 Å². The zero-order valence-electron chi connectivity index (χ0n) is 43.1. The van der Waals surface area contributed by atoms with Gasteiger partial charge in [-0.3, -0.25) is 0 Å². The minimum atomic E-state index is -4.81. The third-order valence-corrected chi connectivity index (χ3v) is 13.4. The fraction of sp³-hybridized carbons (Fsp3) is 0.153. The highest BCUT2D eigenvalue weighted by Crippen LogP contribution is 2.45. The van der Waals surface area contributed by atoms with Gasteiger partial charge in [-0.2, -0.15) is 23.7 Å². The first kappa shape index (κ1) is 48.7. The summed E-state index contributed by atoms with van der Waals surface area (Å²) in [4.78, 5) is 55.0. The monoisotopic (exact) mass is 1030 g/mol. The third-order valence-electron chi connectivity index (χ3n) is 13.4. The molecule has 12 rings (SSSR count). The van der Waals surface area contributed by atoms with Gasteiger partial charge in [0.2, 0.25) is 0 Å². The molecule has 0 aliphatic rings.